The molecule has 5 aliphatic rings. The van der Waals surface area contributed by atoms with Crippen LogP contribution >= 0.6 is 0 Å². The van der Waals surface area contributed by atoms with E-state index >= 15 is 0 Å². The van der Waals surface area contributed by atoms with Crippen LogP contribution in [0.1, 0.15) is 12.8 Å². The Balaban J connectivity index is 1.67. The van der Waals surface area contributed by atoms with Gasteiger partial charge in [0.15, 0.2) is 0 Å². The Kier molecular flexibility index (Phi) is 1.12. The van der Waals surface area contributed by atoms with Crippen molar-refractivity contribution < 1.29 is 5.11 Å². The molecule has 0 amide bonds. The number of hydrogen-bond acceptors (Lipinski definition) is 2. The fourth-order valence-electron chi connectivity index (χ4n) is 7.08. The van der Waals surface area contributed by atoms with Gasteiger partial charge in [0.25, 0.3) is 0 Å². The van der Waals surface area contributed by atoms with Crippen LogP contribution in [-0.4, -0.2) is 17.3 Å². The van der Waals surface area contributed by atoms with Crippen molar-refractivity contribution in [2.45, 2.75) is 18.4 Å². The lowest BCUT2D eigenvalue weighted by Gasteiger charge is -2.51. The Morgan fingerprint density at radius 2 is 1.88 bits per heavy atom. The number of rotatable bonds is 2. The second kappa shape index (κ2) is 2.14. The Morgan fingerprint density at radius 1 is 1.12 bits per heavy atom. The van der Waals surface area contributed by atoms with E-state index in [-0.39, 0.29) is 0 Å². The van der Waals surface area contributed by atoms with Crippen LogP contribution in [-0.2, 0) is 0 Å². The third-order valence-corrected chi connectivity index (χ3v) is 6.91. The van der Waals surface area contributed by atoms with Gasteiger partial charge in [0.2, 0.25) is 0 Å². The number of fused-ring (bicyclic) bond motifs is 2. The van der Waals surface area contributed by atoms with Crippen molar-refractivity contribution in [3.8, 4) is 0 Å². The molecular formula is C12H15N3O. The molecule has 9 atom stereocenters. The molecule has 0 aromatic rings. The fourth-order valence-corrected chi connectivity index (χ4v) is 7.08. The minimum atomic E-state index is -0.614. The first-order valence-corrected chi connectivity index (χ1v) is 6.50. The lowest BCUT2D eigenvalue weighted by atomic mass is 9.56. The molecule has 4 nitrogen and oxygen atoms in total. The topological polar surface area (TPSA) is 69.0 Å². The standard InChI is InChI=1S/C12H15N3O/c13-15-14-3-12(16)10-5-2-6-8-4(5)1-7(10)9(8)11(6)12/h4-11,16H,1-3H2/t4-,5+,6+,7-,8-,9+,10+,11+,12-/m0/s1. The normalized spacial score (nSPS) is 70.8. The number of aliphatic hydroxyl groups is 1. The van der Waals surface area contributed by atoms with Gasteiger partial charge >= 0.3 is 0 Å². The summed E-state index contributed by atoms with van der Waals surface area (Å²) in [5.74, 6) is 5.99. The highest BCUT2D eigenvalue weighted by Gasteiger charge is 2.84. The van der Waals surface area contributed by atoms with E-state index in [1.165, 1.54) is 12.8 Å². The van der Waals surface area contributed by atoms with E-state index in [1.54, 1.807) is 0 Å². The smallest absolute Gasteiger partial charge is 0.0771 e. The monoisotopic (exact) mass is 217 g/mol. The van der Waals surface area contributed by atoms with Gasteiger partial charge < -0.3 is 5.11 Å². The van der Waals surface area contributed by atoms with Gasteiger partial charge in [-0.15, -0.1) is 0 Å². The van der Waals surface area contributed by atoms with Gasteiger partial charge in [0.05, 0.1) is 12.1 Å². The summed E-state index contributed by atoms with van der Waals surface area (Å²) in [6.07, 6.45) is 2.74. The zero-order valence-corrected chi connectivity index (χ0v) is 9.03. The van der Waals surface area contributed by atoms with Crippen LogP contribution < -0.4 is 0 Å². The summed E-state index contributed by atoms with van der Waals surface area (Å²) in [7, 11) is 0. The van der Waals surface area contributed by atoms with Gasteiger partial charge in [-0.1, -0.05) is 5.11 Å². The van der Waals surface area contributed by atoms with Crippen LogP contribution in [0.2, 0.25) is 0 Å². The van der Waals surface area contributed by atoms with Crippen LogP contribution in [0.4, 0.5) is 0 Å². The zero-order valence-electron chi connectivity index (χ0n) is 9.03. The van der Waals surface area contributed by atoms with Crippen LogP contribution in [0.3, 0.4) is 0 Å². The second-order valence-electron chi connectivity index (χ2n) is 6.71. The average molecular weight is 217 g/mol. The maximum atomic E-state index is 10.9. The van der Waals surface area contributed by atoms with E-state index in [1.807, 2.05) is 0 Å². The third kappa shape index (κ3) is 0.550. The molecule has 0 aromatic carbocycles. The molecule has 16 heavy (non-hydrogen) atoms. The molecule has 0 unspecified atom stereocenters. The summed E-state index contributed by atoms with van der Waals surface area (Å²) < 4.78 is 0. The lowest BCUT2D eigenvalue weighted by Crippen LogP contribution is -2.55. The molecule has 0 aromatic heterocycles. The largest absolute Gasteiger partial charge is 0.389 e. The van der Waals surface area contributed by atoms with Crippen molar-refractivity contribution in [3.63, 3.8) is 0 Å². The van der Waals surface area contributed by atoms with Gasteiger partial charge in [0.1, 0.15) is 0 Å². The molecule has 1 N–H and O–H groups in total. The van der Waals surface area contributed by atoms with Crippen molar-refractivity contribution in [2.24, 2.45) is 52.5 Å². The molecule has 5 rings (SSSR count). The van der Waals surface area contributed by atoms with E-state index < -0.39 is 5.60 Å². The number of hydrogen-bond donors (Lipinski definition) is 1. The van der Waals surface area contributed by atoms with Crippen molar-refractivity contribution >= 4 is 0 Å². The highest BCUT2D eigenvalue weighted by Crippen LogP contribution is 2.85. The van der Waals surface area contributed by atoms with Gasteiger partial charge in [-0.25, -0.2) is 0 Å². The highest BCUT2D eigenvalue weighted by atomic mass is 16.3. The molecular weight excluding hydrogens is 202 g/mol. The molecule has 0 radical (unpaired) electrons. The molecule has 5 fully saturated rings. The van der Waals surface area contributed by atoms with Crippen molar-refractivity contribution in [1.29, 1.82) is 0 Å². The maximum absolute atomic E-state index is 10.9. The Bertz CT molecular complexity index is 440. The van der Waals surface area contributed by atoms with Crippen LogP contribution in [0.5, 0.6) is 0 Å². The van der Waals surface area contributed by atoms with Gasteiger partial charge in [-0.05, 0) is 65.7 Å². The molecule has 84 valence electrons. The highest BCUT2D eigenvalue weighted by molar-refractivity contribution is 5.32. The van der Waals surface area contributed by atoms with Crippen LogP contribution in [0, 0.1) is 47.3 Å². The molecule has 5 saturated carbocycles. The summed E-state index contributed by atoms with van der Waals surface area (Å²) in [6.45, 7) is 0.332. The predicted octanol–water partition coefficient (Wildman–Crippen LogP) is 1.81. The fraction of sp³-hybridized carbons (Fsp3) is 1.00. The van der Waals surface area contributed by atoms with Crippen molar-refractivity contribution in [1.82, 2.24) is 0 Å². The zero-order chi connectivity index (χ0) is 10.7. The first-order valence-electron chi connectivity index (χ1n) is 6.50. The number of azide groups is 1. The predicted molar refractivity (Wildman–Crippen MR) is 56.1 cm³/mol. The van der Waals surface area contributed by atoms with Crippen molar-refractivity contribution in [2.75, 3.05) is 6.54 Å². The van der Waals surface area contributed by atoms with Crippen LogP contribution in [0.15, 0.2) is 5.11 Å². The first-order chi connectivity index (χ1) is 7.77. The Hall–Kier alpha value is -0.730. The molecule has 0 saturated heterocycles. The quantitative estimate of drug-likeness (QED) is 0.427. The number of nitrogens with zero attached hydrogens (tertiary/aromatic N) is 3. The Morgan fingerprint density at radius 3 is 2.69 bits per heavy atom. The van der Waals surface area contributed by atoms with Gasteiger partial charge in [-0.3, -0.25) is 0 Å². The van der Waals surface area contributed by atoms with E-state index in [0.717, 1.165) is 35.5 Å². The SMILES string of the molecule is [N-]=[N+]=NC[C@]1(O)[C@@H]2[C@@H]3C[C@@H]4[C@@H]5[C@H]3C[C@H]2[C@H]5[C@@H]41. The van der Waals surface area contributed by atoms with Gasteiger partial charge in [0, 0.05) is 4.91 Å². The molecule has 5 aliphatic carbocycles. The van der Waals surface area contributed by atoms with Crippen LogP contribution in [0.25, 0.3) is 10.4 Å². The molecule has 0 aliphatic heterocycles. The summed E-state index contributed by atoms with van der Waals surface area (Å²) in [6, 6.07) is 0. The summed E-state index contributed by atoms with van der Waals surface area (Å²) in [5.41, 5.74) is 7.87. The minimum absolute atomic E-state index is 0.332. The Labute approximate surface area is 93.7 Å². The van der Waals surface area contributed by atoms with E-state index in [0.29, 0.717) is 18.4 Å². The second-order valence-corrected chi connectivity index (χ2v) is 6.71. The molecule has 4 heteroatoms. The third-order valence-electron chi connectivity index (χ3n) is 6.91. The summed E-state index contributed by atoms with van der Waals surface area (Å²) >= 11 is 0. The first kappa shape index (κ1) is 8.37. The molecule has 0 spiro atoms. The molecule has 0 heterocycles. The van der Waals surface area contributed by atoms with Crippen molar-refractivity contribution in [3.05, 3.63) is 10.4 Å². The summed E-state index contributed by atoms with van der Waals surface area (Å²) in [4.78, 5) is 2.85. The summed E-state index contributed by atoms with van der Waals surface area (Å²) in [5, 5.41) is 14.6. The minimum Gasteiger partial charge on any atom is -0.389 e. The lowest BCUT2D eigenvalue weighted by molar-refractivity contribution is -0.123. The van der Waals surface area contributed by atoms with Gasteiger partial charge in [-0.2, -0.15) is 0 Å². The average Bonchev–Trinajstić information content (AvgIpc) is 2.73. The van der Waals surface area contributed by atoms with E-state index in [9.17, 15) is 5.11 Å². The maximum Gasteiger partial charge on any atom is 0.0771 e. The van der Waals surface area contributed by atoms with E-state index in [2.05, 4.69) is 10.0 Å². The molecule has 2 bridgehead atoms. The van der Waals surface area contributed by atoms with E-state index in [4.69, 9.17) is 5.53 Å².